The fourth-order valence-corrected chi connectivity index (χ4v) is 1.52. The van der Waals surface area contributed by atoms with Gasteiger partial charge in [-0.05, 0) is 26.3 Å². The van der Waals surface area contributed by atoms with Crippen molar-refractivity contribution in [3.05, 3.63) is 0 Å². The predicted octanol–water partition coefficient (Wildman–Crippen LogP) is 0.670. The summed E-state index contributed by atoms with van der Waals surface area (Å²) >= 11 is 0. The maximum atomic E-state index is 11.4. The van der Waals surface area contributed by atoms with E-state index in [4.69, 9.17) is 0 Å². The molecule has 1 unspecified atom stereocenters. The minimum atomic E-state index is 0.299. The molecule has 2 aliphatic rings. The van der Waals surface area contributed by atoms with Crippen molar-refractivity contribution in [2.45, 2.75) is 25.3 Å². The van der Waals surface area contributed by atoms with Crippen LogP contribution >= 0.6 is 0 Å². The van der Waals surface area contributed by atoms with Crippen molar-refractivity contribution in [1.82, 2.24) is 4.90 Å². The number of likely N-dealkylation sites (N-methyl/N-ethyl adjacent to an activating group) is 1. The van der Waals surface area contributed by atoms with E-state index in [1.807, 2.05) is 7.05 Å². The third-order valence-corrected chi connectivity index (χ3v) is 2.60. The molecule has 0 radical (unpaired) electrons. The van der Waals surface area contributed by atoms with Gasteiger partial charge in [0.05, 0.1) is 6.04 Å². The fourth-order valence-electron chi connectivity index (χ4n) is 1.52. The Morgan fingerprint density at radius 2 is 2.10 bits per heavy atom. The van der Waals surface area contributed by atoms with Crippen molar-refractivity contribution in [3.8, 4) is 0 Å². The molecule has 0 N–H and O–H groups in total. The van der Waals surface area contributed by atoms with Crippen LogP contribution in [0.5, 0.6) is 0 Å². The molecule has 1 saturated heterocycles. The van der Waals surface area contributed by atoms with Crippen molar-refractivity contribution in [3.63, 3.8) is 0 Å². The number of rotatable bonds is 2. The number of carbonyl (C=O) groups excluding carboxylic acids is 1. The number of carbonyl (C=O) groups is 1. The molecule has 0 aromatic rings. The lowest BCUT2D eigenvalue weighted by molar-refractivity contribution is -0.128. The number of Topliss-reactive ketones (excluding diaryl/α,β-unsaturated/α-hetero) is 1. The molecular formula is C8H13NO. The number of ketones is 1. The van der Waals surface area contributed by atoms with E-state index in [0.717, 1.165) is 25.8 Å². The summed E-state index contributed by atoms with van der Waals surface area (Å²) in [5.74, 6) is 0.960. The Morgan fingerprint density at radius 3 is 2.40 bits per heavy atom. The molecule has 0 spiro atoms. The second-order valence-electron chi connectivity index (χ2n) is 3.46. The molecule has 2 fully saturated rings. The monoisotopic (exact) mass is 139 g/mol. The van der Waals surface area contributed by atoms with Gasteiger partial charge in [0, 0.05) is 12.5 Å². The molecule has 1 saturated carbocycles. The van der Waals surface area contributed by atoms with E-state index in [1.54, 1.807) is 0 Å². The van der Waals surface area contributed by atoms with Crippen LogP contribution < -0.4 is 0 Å². The Hall–Kier alpha value is -0.370. The molecule has 0 aromatic carbocycles. The molecule has 1 atom stereocenters. The van der Waals surface area contributed by atoms with Gasteiger partial charge < -0.3 is 0 Å². The van der Waals surface area contributed by atoms with E-state index in [-0.39, 0.29) is 0 Å². The average molecular weight is 139 g/mol. The van der Waals surface area contributed by atoms with Gasteiger partial charge >= 0.3 is 0 Å². The lowest BCUT2D eigenvalue weighted by atomic mass is 9.97. The second-order valence-corrected chi connectivity index (χ2v) is 3.46. The largest absolute Gasteiger partial charge is 0.298 e. The number of likely N-dealkylation sites (tertiary alicyclic amines) is 1. The molecule has 0 bridgehead atoms. The SMILES string of the molecule is CN1CCC1C(=O)C1CC1. The normalized spacial score (nSPS) is 33.5. The molecular weight excluding hydrogens is 126 g/mol. The van der Waals surface area contributed by atoms with E-state index in [9.17, 15) is 4.79 Å². The average Bonchev–Trinajstić information content (AvgIpc) is 2.65. The first-order valence-corrected chi connectivity index (χ1v) is 4.03. The highest BCUT2D eigenvalue weighted by Crippen LogP contribution is 2.34. The molecule has 0 amide bonds. The summed E-state index contributed by atoms with van der Waals surface area (Å²) in [7, 11) is 2.04. The molecule has 2 rings (SSSR count). The first-order valence-electron chi connectivity index (χ1n) is 4.03. The smallest absolute Gasteiger partial charge is 0.153 e. The Labute approximate surface area is 61.2 Å². The molecule has 56 valence electrons. The van der Waals surface area contributed by atoms with Crippen LogP contribution in [0.2, 0.25) is 0 Å². The zero-order valence-corrected chi connectivity index (χ0v) is 6.34. The van der Waals surface area contributed by atoms with Crippen molar-refractivity contribution in [1.29, 1.82) is 0 Å². The van der Waals surface area contributed by atoms with Crippen LogP contribution in [0.1, 0.15) is 19.3 Å². The van der Waals surface area contributed by atoms with E-state index in [1.165, 1.54) is 0 Å². The second kappa shape index (κ2) is 2.06. The summed E-state index contributed by atoms with van der Waals surface area (Å²) in [4.78, 5) is 13.5. The zero-order valence-electron chi connectivity index (χ0n) is 6.34. The molecule has 2 nitrogen and oxygen atoms in total. The predicted molar refractivity (Wildman–Crippen MR) is 38.8 cm³/mol. The van der Waals surface area contributed by atoms with Gasteiger partial charge in [-0.1, -0.05) is 0 Å². The van der Waals surface area contributed by atoms with E-state index in [2.05, 4.69) is 4.90 Å². The summed E-state index contributed by atoms with van der Waals surface area (Å²) in [6.07, 6.45) is 3.41. The summed E-state index contributed by atoms with van der Waals surface area (Å²) in [5, 5.41) is 0. The fraction of sp³-hybridized carbons (Fsp3) is 0.875. The number of nitrogens with zero attached hydrogens (tertiary/aromatic N) is 1. The Bertz CT molecular complexity index is 163. The van der Waals surface area contributed by atoms with Gasteiger partial charge in [0.2, 0.25) is 0 Å². The van der Waals surface area contributed by atoms with Crippen LogP contribution in [0.25, 0.3) is 0 Å². The standard InChI is InChI=1S/C8H13NO/c1-9-5-4-7(9)8(10)6-2-3-6/h6-7H,2-5H2,1H3. The van der Waals surface area contributed by atoms with Gasteiger partial charge in [0.1, 0.15) is 0 Å². The van der Waals surface area contributed by atoms with E-state index in [0.29, 0.717) is 17.7 Å². The van der Waals surface area contributed by atoms with Gasteiger partial charge in [0.15, 0.2) is 5.78 Å². The highest BCUT2D eigenvalue weighted by molar-refractivity contribution is 5.88. The van der Waals surface area contributed by atoms with Crippen LogP contribution in [0, 0.1) is 5.92 Å². The number of hydrogen-bond acceptors (Lipinski definition) is 2. The van der Waals surface area contributed by atoms with Gasteiger partial charge in [-0.15, -0.1) is 0 Å². The maximum absolute atomic E-state index is 11.4. The Balaban J connectivity index is 1.91. The first-order chi connectivity index (χ1) is 4.79. The lowest BCUT2D eigenvalue weighted by Crippen LogP contribution is -2.50. The third-order valence-electron chi connectivity index (χ3n) is 2.60. The van der Waals surface area contributed by atoms with Gasteiger partial charge in [-0.2, -0.15) is 0 Å². The van der Waals surface area contributed by atoms with E-state index >= 15 is 0 Å². The minimum absolute atomic E-state index is 0.299. The van der Waals surface area contributed by atoms with Gasteiger partial charge in [0.25, 0.3) is 0 Å². The van der Waals surface area contributed by atoms with Crippen LogP contribution in [0.4, 0.5) is 0 Å². The number of hydrogen-bond donors (Lipinski definition) is 0. The molecule has 0 aromatic heterocycles. The van der Waals surface area contributed by atoms with Gasteiger partial charge in [-0.3, -0.25) is 9.69 Å². The quantitative estimate of drug-likeness (QED) is 0.560. The summed E-state index contributed by atoms with van der Waals surface area (Å²) in [6.45, 7) is 1.11. The van der Waals surface area contributed by atoms with Crippen molar-refractivity contribution in [2.24, 2.45) is 5.92 Å². The van der Waals surface area contributed by atoms with Crippen molar-refractivity contribution < 1.29 is 4.79 Å². The summed E-state index contributed by atoms with van der Waals surface area (Å²) < 4.78 is 0. The lowest BCUT2D eigenvalue weighted by Gasteiger charge is -2.36. The van der Waals surface area contributed by atoms with Crippen LogP contribution in [0.3, 0.4) is 0 Å². The molecule has 1 aliphatic carbocycles. The zero-order chi connectivity index (χ0) is 7.14. The summed E-state index contributed by atoms with van der Waals surface area (Å²) in [5.41, 5.74) is 0. The minimum Gasteiger partial charge on any atom is -0.298 e. The Kier molecular flexibility index (Phi) is 1.31. The maximum Gasteiger partial charge on any atom is 0.153 e. The van der Waals surface area contributed by atoms with Crippen LogP contribution in [-0.4, -0.2) is 30.3 Å². The molecule has 1 aliphatic heterocycles. The van der Waals surface area contributed by atoms with Crippen molar-refractivity contribution in [2.75, 3.05) is 13.6 Å². The van der Waals surface area contributed by atoms with Gasteiger partial charge in [-0.25, -0.2) is 0 Å². The summed E-state index contributed by atoms with van der Waals surface area (Å²) in [6, 6.07) is 0.299. The third kappa shape index (κ3) is 0.870. The molecule has 10 heavy (non-hydrogen) atoms. The van der Waals surface area contributed by atoms with E-state index < -0.39 is 0 Å². The molecule has 1 heterocycles. The van der Waals surface area contributed by atoms with Crippen LogP contribution in [-0.2, 0) is 4.79 Å². The highest BCUT2D eigenvalue weighted by atomic mass is 16.1. The molecule has 2 heteroatoms. The first kappa shape index (κ1) is 6.35. The Morgan fingerprint density at radius 1 is 1.40 bits per heavy atom. The van der Waals surface area contributed by atoms with Crippen LogP contribution in [0.15, 0.2) is 0 Å². The van der Waals surface area contributed by atoms with Crippen molar-refractivity contribution >= 4 is 5.78 Å². The topological polar surface area (TPSA) is 20.3 Å². The highest BCUT2D eigenvalue weighted by Gasteiger charge is 2.39.